The molecule has 1 aliphatic rings. The van der Waals surface area contributed by atoms with Crippen molar-refractivity contribution in [1.29, 1.82) is 0 Å². The normalized spacial score (nSPS) is 19.1. The minimum atomic E-state index is 0. The summed E-state index contributed by atoms with van der Waals surface area (Å²) in [5.41, 5.74) is 2.53. The summed E-state index contributed by atoms with van der Waals surface area (Å²) in [6.07, 6.45) is 0.223. The van der Waals surface area contributed by atoms with Gasteiger partial charge in [0.1, 0.15) is 0 Å². The zero-order valence-corrected chi connectivity index (χ0v) is 16.7. The van der Waals surface area contributed by atoms with E-state index in [4.69, 9.17) is 4.74 Å². The maximum Gasteiger partial charge on any atom is 0.191 e. The Hall–Kier alpha value is -0.860. The Balaban J connectivity index is 0.00000264. The van der Waals surface area contributed by atoms with Crippen LogP contribution in [0.15, 0.2) is 29.3 Å². The van der Waals surface area contributed by atoms with Gasteiger partial charge in [-0.15, -0.1) is 24.0 Å². The average molecular weight is 432 g/mol. The summed E-state index contributed by atoms with van der Waals surface area (Å²) in [7, 11) is 2.13. The Morgan fingerprint density at radius 3 is 2.83 bits per heavy atom. The SMILES string of the molecule is CCNC(=NCc1ccccc1C)NCC1CN(C)CCO1.I. The lowest BCUT2D eigenvalue weighted by molar-refractivity contribution is -0.0161. The van der Waals surface area contributed by atoms with Crippen molar-refractivity contribution in [3.8, 4) is 0 Å². The summed E-state index contributed by atoms with van der Waals surface area (Å²) in [5.74, 6) is 0.850. The summed E-state index contributed by atoms with van der Waals surface area (Å²) < 4.78 is 5.77. The molecular formula is C17H29IN4O. The summed E-state index contributed by atoms with van der Waals surface area (Å²) in [6.45, 7) is 9.30. The van der Waals surface area contributed by atoms with Crippen LogP contribution in [0, 0.1) is 6.92 Å². The number of nitrogens with zero attached hydrogens (tertiary/aromatic N) is 2. The molecule has 2 N–H and O–H groups in total. The van der Waals surface area contributed by atoms with Crippen molar-refractivity contribution in [3.05, 3.63) is 35.4 Å². The minimum Gasteiger partial charge on any atom is -0.374 e. The van der Waals surface area contributed by atoms with Crippen LogP contribution in [-0.2, 0) is 11.3 Å². The lowest BCUT2D eigenvalue weighted by atomic mass is 10.1. The maximum atomic E-state index is 5.77. The first-order valence-corrected chi connectivity index (χ1v) is 8.06. The molecule has 1 saturated heterocycles. The van der Waals surface area contributed by atoms with E-state index >= 15 is 0 Å². The first kappa shape index (κ1) is 20.2. The molecule has 1 heterocycles. The molecule has 0 radical (unpaired) electrons. The number of rotatable bonds is 5. The molecule has 1 aliphatic heterocycles. The van der Waals surface area contributed by atoms with Crippen molar-refractivity contribution in [2.45, 2.75) is 26.5 Å². The van der Waals surface area contributed by atoms with E-state index in [-0.39, 0.29) is 30.1 Å². The van der Waals surface area contributed by atoms with Gasteiger partial charge >= 0.3 is 0 Å². The molecule has 0 spiro atoms. The van der Waals surface area contributed by atoms with Crippen molar-refractivity contribution >= 4 is 29.9 Å². The van der Waals surface area contributed by atoms with Gasteiger partial charge in [0.15, 0.2) is 5.96 Å². The van der Waals surface area contributed by atoms with Gasteiger partial charge in [-0.05, 0) is 32.0 Å². The molecule has 0 aromatic heterocycles. The van der Waals surface area contributed by atoms with Gasteiger partial charge < -0.3 is 20.3 Å². The van der Waals surface area contributed by atoms with E-state index in [0.717, 1.165) is 38.7 Å². The number of guanidine groups is 1. The molecule has 1 aromatic carbocycles. The first-order valence-electron chi connectivity index (χ1n) is 8.06. The quantitative estimate of drug-likeness (QED) is 0.425. The van der Waals surface area contributed by atoms with E-state index in [1.54, 1.807) is 0 Å². The van der Waals surface area contributed by atoms with Gasteiger partial charge in [0, 0.05) is 26.2 Å². The highest BCUT2D eigenvalue weighted by Gasteiger charge is 2.17. The van der Waals surface area contributed by atoms with Crippen molar-refractivity contribution in [3.63, 3.8) is 0 Å². The number of nitrogens with one attached hydrogen (secondary N) is 2. The summed E-state index contributed by atoms with van der Waals surface area (Å²) in [6, 6.07) is 8.37. The van der Waals surface area contributed by atoms with Gasteiger partial charge in [0.05, 0.1) is 19.3 Å². The number of benzene rings is 1. The third kappa shape index (κ3) is 7.05. The molecule has 130 valence electrons. The number of aliphatic imine (C=N–C) groups is 1. The number of ether oxygens (including phenoxy) is 1. The molecule has 23 heavy (non-hydrogen) atoms. The summed E-state index contributed by atoms with van der Waals surface area (Å²) in [5, 5.41) is 6.68. The molecule has 6 heteroatoms. The predicted octanol–water partition coefficient (Wildman–Crippen LogP) is 2.00. The Bertz CT molecular complexity index is 495. The zero-order chi connectivity index (χ0) is 15.8. The van der Waals surface area contributed by atoms with Crippen molar-refractivity contribution < 1.29 is 4.74 Å². The number of hydrogen-bond acceptors (Lipinski definition) is 3. The van der Waals surface area contributed by atoms with Crippen molar-refractivity contribution in [2.75, 3.05) is 39.8 Å². The Morgan fingerprint density at radius 2 is 2.13 bits per heavy atom. The van der Waals surface area contributed by atoms with Gasteiger partial charge in [-0.1, -0.05) is 24.3 Å². The fraction of sp³-hybridized carbons (Fsp3) is 0.588. The van der Waals surface area contributed by atoms with Crippen LogP contribution in [0.25, 0.3) is 0 Å². The smallest absolute Gasteiger partial charge is 0.191 e. The third-order valence-electron chi connectivity index (χ3n) is 3.85. The van der Waals surface area contributed by atoms with E-state index in [2.05, 4.69) is 65.7 Å². The Morgan fingerprint density at radius 1 is 1.35 bits per heavy atom. The fourth-order valence-electron chi connectivity index (χ4n) is 2.49. The average Bonchev–Trinajstić information content (AvgIpc) is 2.51. The lowest BCUT2D eigenvalue weighted by Gasteiger charge is -2.30. The van der Waals surface area contributed by atoms with Crippen LogP contribution in [0.3, 0.4) is 0 Å². The topological polar surface area (TPSA) is 48.9 Å². The van der Waals surface area contributed by atoms with Gasteiger partial charge in [0.2, 0.25) is 0 Å². The highest BCUT2D eigenvalue weighted by atomic mass is 127. The molecule has 0 amide bonds. The molecule has 1 atom stereocenters. The van der Waals surface area contributed by atoms with Gasteiger partial charge in [-0.3, -0.25) is 0 Å². The molecule has 0 aliphatic carbocycles. The van der Waals surface area contributed by atoms with Crippen LogP contribution in [0.2, 0.25) is 0 Å². The van der Waals surface area contributed by atoms with Crippen LogP contribution in [0.5, 0.6) is 0 Å². The first-order chi connectivity index (χ1) is 10.7. The standard InChI is InChI=1S/C17H28N4O.HI/c1-4-18-17(19-11-15-8-6-5-7-14(15)2)20-12-16-13-21(3)9-10-22-16;/h5-8,16H,4,9-13H2,1-3H3,(H2,18,19,20);1H. The highest BCUT2D eigenvalue weighted by molar-refractivity contribution is 14.0. The van der Waals surface area contributed by atoms with E-state index in [0.29, 0.717) is 6.54 Å². The van der Waals surface area contributed by atoms with E-state index in [1.165, 1.54) is 11.1 Å². The second-order valence-corrected chi connectivity index (χ2v) is 5.76. The van der Waals surface area contributed by atoms with Crippen LogP contribution in [-0.4, -0.2) is 56.8 Å². The van der Waals surface area contributed by atoms with Crippen LogP contribution in [0.1, 0.15) is 18.1 Å². The maximum absolute atomic E-state index is 5.77. The van der Waals surface area contributed by atoms with Crippen LogP contribution >= 0.6 is 24.0 Å². The predicted molar refractivity (Wildman–Crippen MR) is 107 cm³/mol. The molecular weight excluding hydrogens is 403 g/mol. The molecule has 1 aromatic rings. The molecule has 2 rings (SSSR count). The van der Waals surface area contributed by atoms with E-state index in [1.807, 2.05) is 0 Å². The Labute approximate surface area is 156 Å². The van der Waals surface area contributed by atoms with Crippen LogP contribution < -0.4 is 10.6 Å². The number of morpholine rings is 1. The van der Waals surface area contributed by atoms with Gasteiger partial charge in [-0.25, -0.2) is 4.99 Å². The van der Waals surface area contributed by atoms with Gasteiger partial charge in [-0.2, -0.15) is 0 Å². The number of aryl methyl sites for hydroxylation is 1. The number of hydrogen-bond donors (Lipinski definition) is 2. The summed E-state index contributed by atoms with van der Waals surface area (Å²) in [4.78, 5) is 6.97. The highest BCUT2D eigenvalue weighted by Crippen LogP contribution is 2.08. The third-order valence-corrected chi connectivity index (χ3v) is 3.85. The molecule has 1 fully saturated rings. The largest absolute Gasteiger partial charge is 0.374 e. The second kappa shape index (κ2) is 10.8. The number of halogens is 1. The molecule has 0 saturated carbocycles. The van der Waals surface area contributed by atoms with Gasteiger partial charge in [0.25, 0.3) is 0 Å². The lowest BCUT2D eigenvalue weighted by Crippen LogP contribution is -2.48. The summed E-state index contributed by atoms with van der Waals surface area (Å²) >= 11 is 0. The van der Waals surface area contributed by atoms with Crippen molar-refractivity contribution in [2.24, 2.45) is 4.99 Å². The monoisotopic (exact) mass is 432 g/mol. The minimum absolute atomic E-state index is 0. The zero-order valence-electron chi connectivity index (χ0n) is 14.3. The molecule has 1 unspecified atom stereocenters. The molecule has 5 nitrogen and oxygen atoms in total. The van der Waals surface area contributed by atoms with E-state index < -0.39 is 0 Å². The second-order valence-electron chi connectivity index (χ2n) is 5.76. The van der Waals surface area contributed by atoms with E-state index in [9.17, 15) is 0 Å². The Kier molecular flexibility index (Phi) is 9.50. The van der Waals surface area contributed by atoms with Crippen molar-refractivity contribution in [1.82, 2.24) is 15.5 Å². The van der Waals surface area contributed by atoms with Crippen LogP contribution in [0.4, 0.5) is 0 Å². The fourth-order valence-corrected chi connectivity index (χ4v) is 2.49. The molecule has 0 bridgehead atoms. The number of likely N-dealkylation sites (N-methyl/N-ethyl adjacent to an activating group) is 1.